The van der Waals surface area contributed by atoms with E-state index in [2.05, 4.69) is 18.3 Å². The topological polar surface area (TPSA) is 84.2 Å². The normalized spacial score (nSPS) is 18.1. The van der Waals surface area contributed by atoms with Crippen LogP contribution >= 0.6 is 11.8 Å². The van der Waals surface area contributed by atoms with E-state index in [1.165, 1.54) is 17.3 Å². The molecule has 2 atom stereocenters. The smallest absolute Gasteiger partial charge is 0.237 e. The monoisotopic (exact) mass is 423 g/mol. The van der Waals surface area contributed by atoms with E-state index in [9.17, 15) is 10.1 Å². The molecule has 1 aromatic carbocycles. The number of rotatable bonds is 5. The maximum Gasteiger partial charge on any atom is 0.237 e. The fourth-order valence-electron chi connectivity index (χ4n) is 3.80. The molecule has 0 bridgehead atoms. The lowest BCUT2D eigenvalue weighted by molar-refractivity contribution is -0.115. The van der Waals surface area contributed by atoms with Crippen molar-refractivity contribution in [1.29, 1.82) is 5.26 Å². The summed E-state index contributed by atoms with van der Waals surface area (Å²) in [6.45, 7) is 5.22. The molecular weight excluding hydrogens is 398 g/mol. The zero-order valence-corrected chi connectivity index (χ0v) is 18.1. The van der Waals surface area contributed by atoms with Crippen LogP contribution in [0.15, 0.2) is 29.3 Å². The summed E-state index contributed by atoms with van der Waals surface area (Å²) < 4.78 is 11.1. The molecule has 2 aliphatic rings. The first-order valence-corrected chi connectivity index (χ1v) is 11.3. The second kappa shape index (κ2) is 8.97. The number of carbonyl (C=O) groups excluding carboxylic acids is 1. The summed E-state index contributed by atoms with van der Waals surface area (Å²) in [7, 11) is 0. The lowest BCUT2D eigenvalue weighted by atomic mass is 9.87. The average molecular weight is 424 g/mol. The molecule has 2 heterocycles. The molecule has 4 rings (SSSR count). The van der Waals surface area contributed by atoms with Crippen LogP contribution in [0.3, 0.4) is 0 Å². The van der Waals surface area contributed by atoms with Gasteiger partial charge >= 0.3 is 0 Å². The highest BCUT2D eigenvalue weighted by molar-refractivity contribution is 8.00. The maximum atomic E-state index is 12.9. The lowest BCUT2D eigenvalue weighted by Crippen LogP contribution is -2.25. The Morgan fingerprint density at radius 1 is 1.33 bits per heavy atom. The van der Waals surface area contributed by atoms with Crippen LogP contribution in [0, 0.1) is 17.2 Å². The number of nitriles is 1. The second-order valence-electron chi connectivity index (χ2n) is 7.77. The van der Waals surface area contributed by atoms with Gasteiger partial charge in [-0.05, 0) is 55.4 Å². The Bertz CT molecular complexity index is 1000. The highest BCUT2D eigenvalue weighted by Gasteiger charge is 2.24. The van der Waals surface area contributed by atoms with Crippen molar-refractivity contribution in [2.75, 3.05) is 18.5 Å². The van der Waals surface area contributed by atoms with Gasteiger partial charge in [-0.15, -0.1) is 0 Å². The van der Waals surface area contributed by atoms with Crippen molar-refractivity contribution >= 4 is 23.4 Å². The van der Waals surface area contributed by atoms with Gasteiger partial charge in [0.05, 0.1) is 10.8 Å². The average Bonchev–Trinajstić information content (AvgIpc) is 2.76. The van der Waals surface area contributed by atoms with Crippen molar-refractivity contribution in [3.63, 3.8) is 0 Å². The summed E-state index contributed by atoms with van der Waals surface area (Å²) in [6, 6.07) is 9.62. The Hall–Kier alpha value is -2.72. The number of pyridine rings is 1. The highest BCUT2D eigenvalue weighted by Crippen LogP contribution is 2.35. The van der Waals surface area contributed by atoms with Crippen molar-refractivity contribution in [2.45, 2.75) is 49.8 Å². The molecule has 156 valence electrons. The van der Waals surface area contributed by atoms with Crippen LogP contribution in [0.4, 0.5) is 5.69 Å². The minimum Gasteiger partial charge on any atom is -0.486 e. The summed E-state index contributed by atoms with van der Waals surface area (Å²) in [6.07, 6.45) is 3.62. The van der Waals surface area contributed by atoms with Gasteiger partial charge in [0.2, 0.25) is 5.91 Å². The van der Waals surface area contributed by atoms with E-state index in [1.807, 2.05) is 19.1 Å². The number of thioether (sulfide) groups is 1. The fourth-order valence-corrected chi connectivity index (χ4v) is 4.80. The number of benzene rings is 1. The summed E-state index contributed by atoms with van der Waals surface area (Å²) in [5.74, 6) is 1.82. The van der Waals surface area contributed by atoms with Gasteiger partial charge in [-0.1, -0.05) is 25.6 Å². The number of ether oxygens (including phenoxy) is 2. The van der Waals surface area contributed by atoms with Crippen LogP contribution in [0.5, 0.6) is 11.5 Å². The number of aromatic nitrogens is 1. The second-order valence-corrected chi connectivity index (χ2v) is 8.96. The highest BCUT2D eigenvalue weighted by atomic mass is 32.2. The maximum absolute atomic E-state index is 12.9. The molecule has 1 amide bonds. The Labute approximate surface area is 181 Å². The molecule has 1 aliphatic heterocycles. The van der Waals surface area contributed by atoms with Crippen molar-refractivity contribution in [1.82, 2.24) is 4.98 Å². The standard InChI is InChI=1S/C23H25N3O3S/c1-3-21(22(27)25-17-5-7-19-20(12-17)29-9-8-28-19)30-23-16(13-24)11-15-10-14(2)4-6-18(15)26-23/h5,7,11-12,14,21H,3-4,6,8-10H2,1-2H3,(H,25,27). The Morgan fingerprint density at radius 3 is 2.90 bits per heavy atom. The molecule has 0 radical (unpaired) electrons. The van der Waals surface area contributed by atoms with Gasteiger partial charge in [0.1, 0.15) is 24.3 Å². The molecule has 0 fully saturated rings. The number of aryl methyl sites for hydroxylation is 1. The molecule has 0 saturated carbocycles. The summed E-state index contributed by atoms with van der Waals surface area (Å²) in [5.41, 5.74) is 3.45. The Balaban J connectivity index is 1.50. The van der Waals surface area contributed by atoms with E-state index < -0.39 is 0 Å². The number of nitrogens with one attached hydrogen (secondary N) is 1. The molecule has 0 saturated heterocycles. The molecule has 0 spiro atoms. The molecule has 6 nitrogen and oxygen atoms in total. The summed E-state index contributed by atoms with van der Waals surface area (Å²) >= 11 is 1.37. The largest absolute Gasteiger partial charge is 0.486 e. The van der Waals surface area contributed by atoms with Gasteiger partial charge < -0.3 is 14.8 Å². The molecule has 2 aromatic rings. The molecule has 1 aliphatic carbocycles. The van der Waals surface area contributed by atoms with Crippen LogP contribution in [0.25, 0.3) is 0 Å². The number of fused-ring (bicyclic) bond motifs is 2. The van der Waals surface area contributed by atoms with Crippen LogP contribution in [0.1, 0.15) is 43.5 Å². The third-order valence-electron chi connectivity index (χ3n) is 5.45. The molecule has 2 unspecified atom stereocenters. The molecular formula is C23H25N3O3S. The number of nitrogens with zero attached hydrogens (tertiary/aromatic N) is 2. The van der Waals surface area contributed by atoms with Gasteiger partial charge in [-0.3, -0.25) is 4.79 Å². The Kier molecular flexibility index (Phi) is 6.14. The zero-order valence-electron chi connectivity index (χ0n) is 17.2. The predicted molar refractivity (Wildman–Crippen MR) is 116 cm³/mol. The Morgan fingerprint density at radius 2 is 2.13 bits per heavy atom. The number of hydrogen-bond donors (Lipinski definition) is 1. The van der Waals surface area contributed by atoms with Crippen LogP contribution in [0.2, 0.25) is 0 Å². The SMILES string of the molecule is CCC(Sc1nc2c(cc1C#N)CC(C)CC2)C(=O)Nc1ccc2c(c1)OCCO2. The van der Waals surface area contributed by atoms with Crippen LogP contribution in [-0.4, -0.2) is 29.4 Å². The minimum atomic E-state index is -0.349. The van der Waals surface area contributed by atoms with Gasteiger partial charge in [0, 0.05) is 17.4 Å². The number of amides is 1. The van der Waals surface area contributed by atoms with Crippen molar-refractivity contribution in [3.8, 4) is 17.6 Å². The number of carbonyl (C=O) groups is 1. The van der Waals surface area contributed by atoms with Gasteiger partial charge in [0.15, 0.2) is 11.5 Å². The van der Waals surface area contributed by atoms with Crippen molar-refractivity contribution in [2.24, 2.45) is 5.92 Å². The van der Waals surface area contributed by atoms with Gasteiger partial charge in [-0.2, -0.15) is 5.26 Å². The third kappa shape index (κ3) is 4.39. The predicted octanol–water partition coefficient (Wildman–Crippen LogP) is 4.36. The van der Waals surface area contributed by atoms with E-state index in [0.29, 0.717) is 53.3 Å². The van der Waals surface area contributed by atoms with E-state index >= 15 is 0 Å². The van der Waals surface area contributed by atoms with Crippen molar-refractivity contribution < 1.29 is 14.3 Å². The van der Waals surface area contributed by atoms with E-state index in [4.69, 9.17) is 14.5 Å². The van der Waals surface area contributed by atoms with Crippen molar-refractivity contribution in [3.05, 3.63) is 41.1 Å². The zero-order chi connectivity index (χ0) is 21.1. The first-order chi connectivity index (χ1) is 14.6. The quantitative estimate of drug-likeness (QED) is 0.720. The summed E-state index contributed by atoms with van der Waals surface area (Å²) in [4.78, 5) is 17.7. The third-order valence-corrected chi connectivity index (χ3v) is 6.81. The van der Waals surface area contributed by atoms with Crippen LogP contribution in [-0.2, 0) is 17.6 Å². The van der Waals surface area contributed by atoms with Gasteiger partial charge in [-0.25, -0.2) is 4.98 Å². The molecule has 1 N–H and O–H groups in total. The molecule has 30 heavy (non-hydrogen) atoms. The number of hydrogen-bond acceptors (Lipinski definition) is 6. The molecule has 7 heteroatoms. The fraction of sp³-hybridized carbons (Fsp3) is 0.435. The lowest BCUT2D eigenvalue weighted by Gasteiger charge is -2.22. The molecule has 1 aromatic heterocycles. The first kappa shape index (κ1) is 20.5. The van der Waals surface area contributed by atoms with E-state index in [0.717, 1.165) is 25.0 Å². The van der Waals surface area contributed by atoms with Gasteiger partial charge in [0.25, 0.3) is 0 Å². The first-order valence-electron chi connectivity index (χ1n) is 10.4. The van der Waals surface area contributed by atoms with E-state index in [-0.39, 0.29) is 11.2 Å². The van der Waals surface area contributed by atoms with Crippen LogP contribution < -0.4 is 14.8 Å². The van der Waals surface area contributed by atoms with E-state index in [1.54, 1.807) is 12.1 Å². The summed E-state index contributed by atoms with van der Waals surface area (Å²) in [5, 5.41) is 12.9. The minimum absolute atomic E-state index is 0.115. The number of anilines is 1.